The summed E-state index contributed by atoms with van der Waals surface area (Å²) in [5.74, 6) is -2.53. The molecular weight excluding hydrogens is 460 g/mol. The normalized spacial score (nSPS) is 18.4. The second kappa shape index (κ2) is 12.2. The van der Waals surface area contributed by atoms with Crippen LogP contribution in [0.5, 0.6) is 0 Å². The topological polar surface area (TPSA) is 111 Å². The first kappa shape index (κ1) is 25.2. The first-order valence-corrected chi connectivity index (χ1v) is 12.3. The summed E-state index contributed by atoms with van der Waals surface area (Å²) >= 11 is 0. The number of benzene rings is 2. The van der Waals surface area contributed by atoms with Crippen LogP contribution >= 0.6 is 0 Å². The third-order valence-corrected chi connectivity index (χ3v) is 6.46. The Morgan fingerprint density at radius 3 is 1.56 bits per heavy atom. The van der Waals surface area contributed by atoms with Crippen LogP contribution in [0.1, 0.15) is 60.0 Å². The molecular formula is C28H30N2O6. The molecule has 0 aromatic heterocycles. The Morgan fingerprint density at radius 2 is 1.11 bits per heavy atom. The van der Waals surface area contributed by atoms with Gasteiger partial charge in [-0.1, -0.05) is 48.5 Å². The van der Waals surface area contributed by atoms with Gasteiger partial charge in [-0.3, -0.25) is 9.59 Å². The molecule has 188 valence electrons. The first-order chi connectivity index (χ1) is 17.5. The molecule has 8 heteroatoms. The lowest BCUT2D eigenvalue weighted by Crippen LogP contribution is -2.34. The first-order valence-electron chi connectivity index (χ1n) is 12.3. The van der Waals surface area contributed by atoms with Crippen LogP contribution in [-0.4, -0.2) is 37.0 Å². The lowest BCUT2D eigenvalue weighted by Gasteiger charge is -2.26. The van der Waals surface area contributed by atoms with Gasteiger partial charge < -0.3 is 20.1 Å². The van der Waals surface area contributed by atoms with Crippen LogP contribution in [0.3, 0.4) is 0 Å². The van der Waals surface area contributed by atoms with Gasteiger partial charge in [0.05, 0.1) is 12.1 Å². The fourth-order valence-electron chi connectivity index (χ4n) is 4.79. The molecule has 2 unspecified atom stereocenters. The van der Waals surface area contributed by atoms with E-state index in [9.17, 15) is 19.2 Å². The molecule has 0 saturated heterocycles. The summed E-state index contributed by atoms with van der Waals surface area (Å²) in [6.45, 7) is -0.912. The number of hydrogen-bond donors (Lipinski definition) is 2. The maximum absolute atomic E-state index is 12.2. The highest BCUT2D eigenvalue weighted by Gasteiger charge is 2.23. The van der Waals surface area contributed by atoms with E-state index in [0.717, 1.165) is 61.8 Å². The number of esters is 2. The molecule has 0 radical (unpaired) electrons. The number of ether oxygens (including phenoxy) is 2. The molecule has 0 saturated carbocycles. The molecule has 2 aliphatic carbocycles. The number of fused-ring (bicyclic) bond motifs is 2. The molecule has 2 amide bonds. The van der Waals surface area contributed by atoms with E-state index >= 15 is 0 Å². The van der Waals surface area contributed by atoms with Gasteiger partial charge in [-0.15, -0.1) is 0 Å². The summed E-state index contributed by atoms with van der Waals surface area (Å²) < 4.78 is 9.84. The lowest BCUT2D eigenvalue weighted by atomic mass is 9.88. The van der Waals surface area contributed by atoms with Crippen molar-refractivity contribution in [2.24, 2.45) is 0 Å². The second-order valence-electron chi connectivity index (χ2n) is 8.97. The van der Waals surface area contributed by atoms with Crippen LogP contribution < -0.4 is 10.6 Å². The van der Waals surface area contributed by atoms with Crippen LogP contribution in [0, 0.1) is 0 Å². The van der Waals surface area contributed by atoms with Crippen LogP contribution in [0.2, 0.25) is 0 Å². The van der Waals surface area contributed by atoms with Gasteiger partial charge in [-0.2, -0.15) is 0 Å². The highest BCUT2D eigenvalue weighted by atomic mass is 16.5. The minimum Gasteiger partial charge on any atom is -0.452 e. The molecule has 0 aliphatic heterocycles. The van der Waals surface area contributed by atoms with E-state index in [4.69, 9.17) is 9.47 Å². The average Bonchev–Trinajstić information content (AvgIpc) is 2.90. The van der Waals surface area contributed by atoms with Crippen LogP contribution in [0.25, 0.3) is 0 Å². The minimum atomic E-state index is -0.852. The Hall–Kier alpha value is -3.94. The minimum absolute atomic E-state index is 0.111. The number of rotatable bonds is 8. The zero-order valence-corrected chi connectivity index (χ0v) is 20.0. The van der Waals surface area contributed by atoms with Gasteiger partial charge in [0.15, 0.2) is 13.2 Å². The average molecular weight is 491 g/mol. The van der Waals surface area contributed by atoms with Gasteiger partial charge in [-0.25, -0.2) is 9.59 Å². The number of nitrogens with one attached hydrogen (secondary N) is 2. The van der Waals surface area contributed by atoms with Crippen molar-refractivity contribution in [2.75, 3.05) is 13.2 Å². The Morgan fingerprint density at radius 1 is 0.694 bits per heavy atom. The monoisotopic (exact) mass is 490 g/mol. The third kappa shape index (κ3) is 6.81. The SMILES string of the molecule is O=C(COC(=O)/C=C/C(=O)OCC(=O)NC1CCCc2ccccc21)NC1CCCc2ccccc21. The van der Waals surface area contributed by atoms with Gasteiger partial charge in [0.2, 0.25) is 0 Å². The van der Waals surface area contributed by atoms with Crippen molar-refractivity contribution in [2.45, 2.75) is 50.6 Å². The maximum atomic E-state index is 12.2. The predicted molar refractivity (Wildman–Crippen MR) is 132 cm³/mol. The van der Waals surface area contributed by atoms with Crippen molar-refractivity contribution in [3.8, 4) is 0 Å². The molecule has 2 aromatic rings. The molecule has 0 bridgehead atoms. The summed E-state index contributed by atoms with van der Waals surface area (Å²) in [6.07, 6.45) is 7.30. The number of hydrogen-bond acceptors (Lipinski definition) is 6. The molecule has 2 aromatic carbocycles. The third-order valence-electron chi connectivity index (χ3n) is 6.46. The van der Waals surface area contributed by atoms with Crippen molar-refractivity contribution in [1.82, 2.24) is 10.6 Å². The second-order valence-corrected chi connectivity index (χ2v) is 8.97. The summed E-state index contributed by atoms with van der Waals surface area (Å²) in [5, 5.41) is 5.78. The number of carbonyl (C=O) groups excluding carboxylic acids is 4. The molecule has 0 heterocycles. The summed E-state index contributed by atoms with van der Waals surface area (Å²) in [5.41, 5.74) is 4.60. The largest absolute Gasteiger partial charge is 0.452 e. The summed E-state index contributed by atoms with van der Waals surface area (Å²) in [6, 6.07) is 15.7. The van der Waals surface area contributed by atoms with Crippen molar-refractivity contribution in [3.63, 3.8) is 0 Å². The molecule has 0 fully saturated rings. The van der Waals surface area contributed by atoms with E-state index in [1.165, 1.54) is 11.1 Å². The number of aryl methyl sites for hydroxylation is 2. The molecule has 36 heavy (non-hydrogen) atoms. The van der Waals surface area contributed by atoms with E-state index in [1.54, 1.807) is 0 Å². The Labute approximate surface area is 210 Å². The summed E-state index contributed by atoms with van der Waals surface area (Å²) in [4.78, 5) is 48.2. The molecule has 0 spiro atoms. The van der Waals surface area contributed by atoms with E-state index in [1.807, 2.05) is 36.4 Å². The van der Waals surface area contributed by atoms with E-state index < -0.39 is 37.0 Å². The fourth-order valence-corrected chi connectivity index (χ4v) is 4.79. The van der Waals surface area contributed by atoms with Crippen LogP contribution in [-0.2, 0) is 41.5 Å². The fraction of sp³-hybridized carbons (Fsp3) is 0.357. The number of amides is 2. The van der Waals surface area contributed by atoms with Gasteiger partial charge in [0, 0.05) is 12.2 Å². The highest BCUT2D eigenvalue weighted by Crippen LogP contribution is 2.30. The standard InChI is InChI=1S/C28H30N2O6/c31-25(29-23-13-5-9-19-7-1-3-11-21(19)23)17-35-27(33)15-16-28(34)36-18-26(32)30-24-14-6-10-20-8-2-4-12-22(20)24/h1-4,7-8,11-12,15-16,23-24H,5-6,9-10,13-14,17-18H2,(H,29,31)(H,30,32)/b16-15+. The van der Waals surface area contributed by atoms with Gasteiger partial charge in [0.25, 0.3) is 11.8 Å². The predicted octanol–water partition coefficient (Wildman–Crippen LogP) is 3.02. The quantitative estimate of drug-likeness (QED) is 0.435. The number of carbonyl (C=O) groups is 4. The maximum Gasteiger partial charge on any atom is 0.331 e. The van der Waals surface area contributed by atoms with Crippen molar-refractivity contribution in [1.29, 1.82) is 0 Å². The Balaban J connectivity index is 1.15. The Kier molecular flexibility index (Phi) is 8.49. The zero-order chi connectivity index (χ0) is 25.3. The molecule has 2 N–H and O–H groups in total. The highest BCUT2D eigenvalue weighted by molar-refractivity contribution is 5.93. The Bertz CT molecular complexity index is 1070. The van der Waals surface area contributed by atoms with Crippen molar-refractivity contribution >= 4 is 23.8 Å². The van der Waals surface area contributed by atoms with Crippen LogP contribution in [0.15, 0.2) is 60.7 Å². The van der Waals surface area contributed by atoms with Crippen LogP contribution in [0.4, 0.5) is 0 Å². The zero-order valence-electron chi connectivity index (χ0n) is 20.0. The van der Waals surface area contributed by atoms with Gasteiger partial charge in [0.1, 0.15) is 0 Å². The van der Waals surface area contributed by atoms with Gasteiger partial charge >= 0.3 is 11.9 Å². The molecule has 4 rings (SSSR count). The molecule has 2 aliphatic rings. The molecule has 2 atom stereocenters. The van der Waals surface area contributed by atoms with E-state index in [0.29, 0.717) is 0 Å². The smallest absolute Gasteiger partial charge is 0.331 e. The van der Waals surface area contributed by atoms with Crippen molar-refractivity contribution < 1.29 is 28.7 Å². The van der Waals surface area contributed by atoms with Crippen molar-refractivity contribution in [3.05, 3.63) is 82.9 Å². The van der Waals surface area contributed by atoms with E-state index in [-0.39, 0.29) is 12.1 Å². The molecule has 8 nitrogen and oxygen atoms in total. The van der Waals surface area contributed by atoms with E-state index in [2.05, 4.69) is 22.8 Å². The van der Waals surface area contributed by atoms with Gasteiger partial charge in [-0.05, 0) is 60.8 Å². The lowest BCUT2D eigenvalue weighted by molar-refractivity contribution is -0.145. The summed E-state index contributed by atoms with van der Waals surface area (Å²) in [7, 11) is 0.